The zero-order chi connectivity index (χ0) is 14.3. The van der Waals surface area contributed by atoms with Crippen LogP contribution in [0.15, 0.2) is 0 Å². The van der Waals surface area contributed by atoms with E-state index in [1.54, 1.807) is 11.8 Å². The van der Waals surface area contributed by atoms with Crippen LogP contribution in [0.3, 0.4) is 0 Å². The molecule has 0 aromatic heterocycles. The normalized spacial score (nSPS) is 17.6. The molecule has 0 aliphatic heterocycles. The van der Waals surface area contributed by atoms with Crippen molar-refractivity contribution in [1.82, 2.24) is 10.6 Å². The van der Waals surface area contributed by atoms with Gasteiger partial charge in [0.25, 0.3) is 0 Å². The van der Waals surface area contributed by atoms with Crippen molar-refractivity contribution in [3.05, 3.63) is 0 Å². The first-order valence-electron chi connectivity index (χ1n) is 6.79. The lowest BCUT2D eigenvalue weighted by molar-refractivity contribution is -0.139. The maximum Gasteiger partial charge on any atom is 0.326 e. The minimum atomic E-state index is -0.973. The monoisotopic (exact) mass is 288 g/mol. The molecule has 6 heteroatoms. The van der Waals surface area contributed by atoms with Crippen LogP contribution in [0, 0.1) is 5.41 Å². The number of carbonyl (C=O) groups is 2. The van der Waals surface area contributed by atoms with E-state index in [2.05, 4.69) is 17.6 Å². The predicted molar refractivity (Wildman–Crippen MR) is 77.5 cm³/mol. The van der Waals surface area contributed by atoms with Gasteiger partial charge in [0.05, 0.1) is 0 Å². The molecule has 0 saturated heterocycles. The van der Waals surface area contributed by atoms with Crippen LogP contribution in [-0.2, 0) is 4.79 Å². The SMILES string of the molecule is CCCC1(CNC(=O)N[C@H](CCSC)C(=O)O)CC1. The molecule has 1 aliphatic carbocycles. The van der Waals surface area contributed by atoms with Crippen molar-refractivity contribution in [3.8, 4) is 0 Å². The van der Waals surface area contributed by atoms with Crippen LogP contribution in [-0.4, -0.2) is 41.7 Å². The molecule has 0 heterocycles. The quantitative estimate of drug-likeness (QED) is 0.607. The van der Waals surface area contributed by atoms with E-state index in [0.29, 0.717) is 13.0 Å². The first kappa shape index (κ1) is 16.1. The lowest BCUT2D eigenvalue weighted by atomic mass is 10.0. The van der Waals surface area contributed by atoms with Crippen molar-refractivity contribution >= 4 is 23.8 Å². The number of aliphatic carboxylic acids is 1. The van der Waals surface area contributed by atoms with E-state index in [4.69, 9.17) is 5.11 Å². The topological polar surface area (TPSA) is 78.4 Å². The van der Waals surface area contributed by atoms with Gasteiger partial charge in [-0.3, -0.25) is 0 Å². The van der Waals surface area contributed by atoms with Crippen molar-refractivity contribution in [1.29, 1.82) is 0 Å². The molecule has 0 spiro atoms. The number of thioether (sulfide) groups is 1. The van der Waals surface area contributed by atoms with Crippen LogP contribution >= 0.6 is 11.8 Å². The molecular formula is C13H24N2O3S. The summed E-state index contributed by atoms with van der Waals surface area (Å²) in [5, 5.41) is 14.4. The van der Waals surface area contributed by atoms with E-state index in [0.717, 1.165) is 31.4 Å². The fourth-order valence-corrected chi connectivity index (χ4v) is 2.66. The highest BCUT2D eigenvalue weighted by Crippen LogP contribution is 2.48. The molecule has 0 unspecified atom stereocenters. The summed E-state index contributed by atoms with van der Waals surface area (Å²) in [6, 6.07) is -1.16. The third kappa shape index (κ3) is 5.72. The number of rotatable bonds is 9. The molecule has 1 fully saturated rings. The second-order valence-corrected chi connectivity index (χ2v) is 6.23. The first-order valence-corrected chi connectivity index (χ1v) is 8.18. The van der Waals surface area contributed by atoms with Gasteiger partial charge >= 0.3 is 12.0 Å². The molecule has 0 aromatic rings. The Morgan fingerprint density at radius 2 is 2.11 bits per heavy atom. The van der Waals surface area contributed by atoms with Crippen molar-refractivity contribution in [3.63, 3.8) is 0 Å². The Balaban J connectivity index is 2.30. The Labute approximate surface area is 118 Å². The van der Waals surface area contributed by atoms with Crippen LogP contribution in [0.5, 0.6) is 0 Å². The number of carbonyl (C=O) groups excluding carboxylic acids is 1. The minimum Gasteiger partial charge on any atom is -0.480 e. The lowest BCUT2D eigenvalue weighted by Gasteiger charge is -2.18. The van der Waals surface area contributed by atoms with Gasteiger partial charge in [0, 0.05) is 6.54 Å². The zero-order valence-corrected chi connectivity index (χ0v) is 12.5. The van der Waals surface area contributed by atoms with Crippen molar-refractivity contribution in [2.24, 2.45) is 5.41 Å². The standard InChI is InChI=1S/C13H24N2O3S/c1-3-5-13(6-7-13)9-14-12(18)15-10(11(16)17)4-8-19-2/h10H,3-9H2,1-2H3,(H,16,17)(H2,14,15,18)/t10-/m1/s1. The highest BCUT2D eigenvalue weighted by molar-refractivity contribution is 7.98. The van der Waals surface area contributed by atoms with Crippen LogP contribution in [0.2, 0.25) is 0 Å². The summed E-state index contributed by atoms with van der Waals surface area (Å²) in [6.07, 6.45) is 6.94. The molecule has 1 aliphatic rings. The summed E-state index contributed by atoms with van der Waals surface area (Å²) in [5.74, 6) is -0.254. The number of carboxylic acids is 1. The highest BCUT2D eigenvalue weighted by Gasteiger charge is 2.41. The van der Waals surface area contributed by atoms with E-state index in [-0.39, 0.29) is 11.4 Å². The lowest BCUT2D eigenvalue weighted by Crippen LogP contribution is -2.47. The molecule has 0 bridgehead atoms. The average Bonchev–Trinajstić information content (AvgIpc) is 3.12. The number of carboxylic acid groups (broad SMARTS) is 1. The third-order valence-electron chi connectivity index (χ3n) is 3.58. The molecule has 5 nitrogen and oxygen atoms in total. The van der Waals surface area contributed by atoms with Crippen LogP contribution < -0.4 is 10.6 Å². The fourth-order valence-electron chi connectivity index (χ4n) is 2.19. The second-order valence-electron chi connectivity index (χ2n) is 5.25. The highest BCUT2D eigenvalue weighted by atomic mass is 32.2. The van der Waals surface area contributed by atoms with Gasteiger partial charge in [-0.15, -0.1) is 0 Å². The summed E-state index contributed by atoms with van der Waals surface area (Å²) in [4.78, 5) is 22.7. The smallest absolute Gasteiger partial charge is 0.326 e. The van der Waals surface area contributed by atoms with Gasteiger partial charge in [-0.05, 0) is 43.1 Å². The number of hydrogen-bond donors (Lipinski definition) is 3. The average molecular weight is 288 g/mol. The van der Waals surface area contributed by atoms with Gasteiger partial charge < -0.3 is 15.7 Å². The summed E-state index contributed by atoms with van der Waals surface area (Å²) in [7, 11) is 0. The molecule has 3 N–H and O–H groups in total. The van der Waals surface area contributed by atoms with Crippen LogP contribution in [0.1, 0.15) is 39.0 Å². The first-order chi connectivity index (χ1) is 9.03. The number of hydrogen-bond acceptors (Lipinski definition) is 3. The number of nitrogens with one attached hydrogen (secondary N) is 2. The van der Waals surface area contributed by atoms with Gasteiger partial charge in [0.2, 0.25) is 0 Å². The Kier molecular flexibility index (Phi) is 6.48. The van der Waals surface area contributed by atoms with E-state index in [1.165, 1.54) is 0 Å². The number of amides is 2. The fraction of sp³-hybridized carbons (Fsp3) is 0.846. The van der Waals surface area contributed by atoms with Gasteiger partial charge in [0.1, 0.15) is 6.04 Å². The molecule has 0 radical (unpaired) electrons. The molecule has 19 heavy (non-hydrogen) atoms. The second kappa shape index (κ2) is 7.62. The molecule has 1 atom stereocenters. The summed E-state index contributed by atoms with van der Waals surface area (Å²) < 4.78 is 0. The molecule has 110 valence electrons. The van der Waals surface area contributed by atoms with E-state index < -0.39 is 12.0 Å². The van der Waals surface area contributed by atoms with Gasteiger partial charge in [-0.2, -0.15) is 11.8 Å². The van der Waals surface area contributed by atoms with Crippen LogP contribution in [0.25, 0.3) is 0 Å². The Morgan fingerprint density at radius 1 is 1.42 bits per heavy atom. The summed E-state index contributed by atoms with van der Waals surface area (Å²) in [5.41, 5.74) is 0.282. The Hall–Kier alpha value is -0.910. The largest absolute Gasteiger partial charge is 0.480 e. The van der Waals surface area contributed by atoms with Gasteiger partial charge in [-0.25, -0.2) is 9.59 Å². The molecule has 0 aromatic carbocycles. The van der Waals surface area contributed by atoms with Crippen molar-refractivity contribution < 1.29 is 14.7 Å². The van der Waals surface area contributed by atoms with E-state index >= 15 is 0 Å². The van der Waals surface area contributed by atoms with Gasteiger partial charge in [-0.1, -0.05) is 13.3 Å². The van der Waals surface area contributed by atoms with E-state index in [1.807, 2.05) is 6.26 Å². The zero-order valence-electron chi connectivity index (χ0n) is 11.7. The molecule has 1 saturated carbocycles. The summed E-state index contributed by atoms with van der Waals surface area (Å²) >= 11 is 1.57. The maximum absolute atomic E-state index is 11.7. The Bertz CT molecular complexity index is 319. The summed E-state index contributed by atoms with van der Waals surface area (Å²) in [6.45, 7) is 2.80. The number of urea groups is 1. The van der Waals surface area contributed by atoms with E-state index in [9.17, 15) is 9.59 Å². The minimum absolute atomic E-state index is 0.282. The predicted octanol–water partition coefficient (Wildman–Crippen LogP) is 2.07. The molecule has 2 amide bonds. The van der Waals surface area contributed by atoms with Gasteiger partial charge in [0.15, 0.2) is 0 Å². The maximum atomic E-state index is 11.7. The van der Waals surface area contributed by atoms with Crippen molar-refractivity contribution in [2.75, 3.05) is 18.6 Å². The molecular weight excluding hydrogens is 264 g/mol. The Morgan fingerprint density at radius 3 is 2.58 bits per heavy atom. The molecule has 1 rings (SSSR count). The van der Waals surface area contributed by atoms with Crippen molar-refractivity contribution in [2.45, 2.75) is 45.1 Å². The third-order valence-corrected chi connectivity index (χ3v) is 4.22. The van der Waals surface area contributed by atoms with Crippen LogP contribution in [0.4, 0.5) is 4.79 Å².